The third kappa shape index (κ3) is 4.13. The Balaban J connectivity index is 1.71. The first kappa shape index (κ1) is 13.6. The van der Waals surface area contributed by atoms with Crippen LogP contribution < -0.4 is 0 Å². The molecule has 0 aromatic carbocycles. The number of hydrogen-bond acceptors (Lipinski definition) is 2. The van der Waals surface area contributed by atoms with Crippen LogP contribution in [0.1, 0.15) is 57.1 Å². The third-order valence-electron chi connectivity index (χ3n) is 4.24. The molecule has 0 aliphatic heterocycles. The second-order valence-electron chi connectivity index (χ2n) is 5.73. The van der Waals surface area contributed by atoms with Crippen LogP contribution in [0.15, 0.2) is 12.3 Å². The lowest BCUT2D eigenvalue weighted by Gasteiger charge is -2.18. The zero-order valence-corrected chi connectivity index (χ0v) is 11.5. The van der Waals surface area contributed by atoms with Crippen molar-refractivity contribution in [3.8, 4) is 0 Å². The summed E-state index contributed by atoms with van der Waals surface area (Å²) in [6.07, 6.45) is 12.6. The molecule has 1 unspecified atom stereocenters. The monoisotopic (exact) mass is 250 g/mol. The molecule has 102 valence electrons. The molecule has 0 bridgehead atoms. The van der Waals surface area contributed by atoms with E-state index in [1.54, 1.807) is 0 Å². The van der Waals surface area contributed by atoms with Gasteiger partial charge >= 0.3 is 0 Å². The van der Waals surface area contributed by atoms with Crippen LogP contribution >= 0.6 is 0 Å². The molecule has 0 spiro atoms. The standard InChI is InChI=1S/C15H26N2O/c1-17-14(10-11-16-17)8-9-15(18)12-13-6-4-2-3-5-7-13/h10-11,13,15,18H,2-9,12H2,1H3. The van der Waals surface area contributed by atoms with Crippen LogP contribution in [-0.4, -0.2) is 21.0 Å². The molecular weight excluding hydrogens is 224 g/mol. The minimum atomic E-state index is -0.136. The largest absolute Gasteiger partial charge is 0.393 e. The van der Waals surface area contributed by atoms with Gasteiger partial charge in [-0.1, -0.05) is 38.5 Å². The summed E-state index contributed by atoms with van der Waals surface area (Å²) in [4.78, 5) is 0. The van der Waals surface area contributed by atoms with E-state index in [0.29, 0.717) is 0 Å². The molecule has 1 aromatic heterocycles. The molecule has 1 aliphatic carbocycles. The number of hydrogen-bond donors (Lipinski definition) is 1. The molecule has 3 nitrogen and oxygen atoms in total. The van der Waals surface area contributed by atoms with Crippen LogP contribution in [0.3, 0.4) is 0 Å². The molecule has 1 N–H and O–H groups in total. The maximum Gasteiger partial charge on any atom is 0.0546 e. The van der Waals surface area contributed by atoms with Gasteiger partial charge in [-0.25, -0.2) is 0 Å². The van der Waals surface area contributed by atoms with E-state index in [1.165, 1.54) is 44.2 Å². The number of aryl methyl sites for hydroxylation is 2. The van der Waals surface area contributed by atoms with Gasteiger partial charge in [0.2, 0.25) is 0 Å². The van der Waals surface area contributed by atoms with Crippen LogP contribution in [0.4, 0.5) is 0 Å². The van der Waals surface area contributed by atoms with E-state index in [9.17, 15) is 5.11 Å². The van der Waals surface area contributed by atoms with E-state index in [4.69, 9.17) is 0 Å². The highest BCUT2D eigenvalue weighted by Gasteiger charge is 2.16. The predicted octanol–water partition coefficient (Wildman–Crippen LogP) is 3.07. The molecule has 18 heavy (non-hydrogen) atoms. The summed E-state index contributed by atoms with van der Waals surface area (Å²) < 4.78 is 1.90. The molecule has 0 saturated heterocycles. The van der Waals surface area contributed by atoms with Crippen LogP contribution in [0.5, 0.6) is 0 Å². The average molecular weight is 250 g/mol. The van der Waals surface area contributed by atoms with E-state index in [2.05, 4.69) is 5.10 Å². The summed E-state index contributed by atoms with van der Waals surface area (Å²) >= 11 is 0. The summed E-state index contributed by atoms with van der Waals surface area (Å²) in [7, 11) is 1.97. The fourth-order valence-electron chi connectivity index (χ4n) is 3.06. The van der Waals surface area contributed by atoms with E-state index < -0.39 is 0 Å². The van der Waals surface area contributed by atoms with E-state index in [1.807, 2.05) is 24.0 Å². The van der Waals surface area contributed by atoms with Gasteiger partial charge < -0.3 is 5.11 Å². The van der Waals surface area contributed by atoms with Gasteiger partial charge in [0.25, 0.3) is 0 Å². The lowest BCUT2D eigenvalue weighted by Crippen LogP contribution is -2.15. The Morgan fingerprint density at radius 3 is 2.67 bits per heavy atom. The summed E-state index contributed by atoms with van der Waals surface area (Å²) in [6, 6.07) is 2.04. The first-order valence-electron chi connectivity index (χ1n) is 7.40. The Labute approximate surface area is 110 Å². The average Bonchev–Trinajstić information content (AvgIpc) is 2.61. The van der Waals surface area contributed by atoms with Gasteiger partial charge in [0.05, 0.1) is 6.10 Å². The van der Waals surface area contributed by atoms with Crippen LogP contribution in [0, 0.1) is 5.92 Å². The Morgan fingerprint density at radius 2 is 2.06 bits per heavy atom. The fraction of sp³-hybridized carbons (Fsp3) is 0.800. The Kier molecular flexibility index (Phi) is 5.24. The van der Waals surface area contributed by atoms with Crippen molar-refractivity contribution >= 4 is 0 Å². The SMILES string of the molecule is Cn1nccc1CCC(O)CC1CCCCCC1. The minimum absolute atomic E-state index is 0.136. The van der Waals surface area contributed by atoms with E-state index >= 15 is 0 Å². The Morgan fingerprint density at radius 1 is 1.33 bits per heavy atom. The normalized spacial score (nSPS) is 19.7. The van der Waals surface area contributed by atoms with Gasteiger partial charge in [-0.05, 0) is 31.2 Å². The first-order chi connectivity index (χ1) is 8.75. The van der Waals surface area contributed by atoms with Gasteiger partial charge in [0.1, 0.15) is 0 Å². The van der Waals surface area contributed by atoms with Gasteiger partial charge in [-0.2, -0.15) is 5.10 Å². The zero-order valence-electron chi connectivity index (χ0n) is 11.5. The second-order valence-corrected chi connectivity index (χ2v) is 5.73. The number of rotatable bonds is 5. The number of aliphatic hydroxyl groups is 1. The van der Waals surface area contributed by atoms with Crippen molar-refractivity contribution in [1.82, 2.24) is 9.78 Å². The van der Waals surface area contributed by atoms with E-state index in [-0.39, 0.29) is 6.10 Å². The smallest absolute Gasteiger partial charge is 0.0546 e. The molecule has 3 heteroatoms. The Bertz CT molecular complexity index is 340. The molecule has 1 saturated carbocycles. The number of aromatic nitrogens is 2. The summed E-state index contributed by atoms with van der Waals surface area (Å²) in [5.74, 6) is 0.758. The first-order valence-corrected chi connectivity index (χ1v) is 7.40. The van der Waals surface area contributed by atoms with Crippen LogP contribution in [0.25, 0.3) is 0 Å². The van der Waals surface area contributed by atoms with Crippen molar-refractivity contribution < 1.29 is 5.11 Å². The predicted molar refractivity (Wildman–Crippen MR) is 73.3 cm³/mol. The maximum absolute atomic E-state index is 10.2. The van der Waals surface area contributed by atoms with Crippen LogP contribution in [-0.2, 0) is 13.5 Å². The number of nitrogens with zero attached hydrogens (tertiary/aromatic N) is 2. The second kappa shape index (κ2) is 6.93. The van der Waals surface area contributed by atoms with Crippen molar-refractivity contribution in [2.45, 2.75) is 63.9 Å². The van der Waals surface area contributed by atoms with Crippen LogP contribution in [0.2, 0.25) is 0 Å². The maximum atomic E-state index is 10.2. The quantitative estimate of drug-likeness (QED) is 0.816. The van der Waals surface area contributed by atoms with E-state index in [0.717, 1.165) is 25.2 Å². The summed E-state index contributed by atoms with van der Waals surface area (Å²) in [6.45, 7) is 0. The van der Waals surface area contributed by atoms with Crippen molar-refractivity contribution in [3.05, 3.63) is 18.0 Å². The summed E-state index contributed by atoms with van der Waals surface area (Å²) in [5.41, 5.74) is 1.22. The molecule has 0 amide bonds. The number of aliphatic hydroxyl groups excluding tert-OH is 1. The molecule has 1 atom stereocenters. The van der Waals surface area contributed by atoms with Crippen molar-refractivity contribution in [3.63, 3.8) is 0 Å². The lowest BCUT2D eigenvalue weighted by molar-refractivity contribution is 0.128. The molecule has 1 fully saturated rings. The highest BCUT2D eigenvalue weighted by atomic mass is 16.3. The highest BCUT2D eigenvalue weighted by molar-refractivity contribution is 5.00. The lowest BCUT2D eigenvalue weighted by atomic mass is 9.92. The van der Waals surface area contributed by atoms with Gasteiger partial charge in [-0.15, -0.1) is 0 Å². The molecule has 2 rings (SSSR count). The van der Waals surface area contributed by atoms with Crippen molar-refractivity contribution in [2.24, 2.45) is 13.0 Å². The van der Waals surface area contributed by atoms with Crippen molar-refractivity contribution in [1.29, 1.82) is 0 Å². The molecular formula is C15H26N2O. The van der Waals surface area contributed by atoms with Gasteiger partial charge in [0, 0.05) is 18.9 Å². The van der Waals surface area contributed by atoms with Gasteiger partial charge in [0.15, 0.2) is 0 Å². The van der Waals surface area contributed by atoms with Crippen molar-refractivity contribution in [2.75, 3.05) is 0 Å². The molecule has 1 heterocycles. The van der Waals surface area contributed by atoms with Gasteiger partial charge in [-0.3, -0.25) is 4.68 Å². The Hall–Kier alpha value is -0.830. The zero-order chi connectivity index (χ0) is 12.8. The molecule has 0 radical (unpaired) electrons. The highest BCUT2D eigenvalue weighted by Crippen LogP contribution is 2.27. The molecule has 1 aromatic rings. The fourth-order valence-corrected chi connectivity index (χ4v) is 3.06. The topological polar surface area (TPSA) is 38.0 Å². The third-order valence-corrected chi connectivity index (χ3v) is 4.24. The minimum Gasteiger partial charge on any atom is -0.393 e. The molecule has 1 aliphatic rings. The summed E-state index contributed by atoms with van der Waals surface area (Å²) in [5, 5.41) is 14.3.